The molecule has 0 N–H and O–H groups in total. The molecular formula is C25H27NO4. The molecule has 2 aromatic carbocycles. The van der Waals surface area contributed by atoms with Gasteiger partial charge in [0.2, 0.25) is 0 Å². The minimum Gasteiger partial charge on any atom is -0.427 e. The summed E-state index contributed by atoms with van der Waals surface area (Å²) < 4.78 is 10.6. The second-order valence-corrected chi connectivity index (χ2v) is 6.97. The van der Waals surface area contributed by atoms with Gasteiger partial charge >= 0.3 is 11.9 Å². The highest BCUT2D eigenvalue weighted by molar-refractivity contribution is 5.91. The number of carbonyl (C=O) groups is 2. The lowest BCUT2D eigenvalue weighted by atomic mass is 10.1. The van der Waals surface area contributed by atoms with E-state index in [1.165, 1.54) is 19.3 Å². The van der Waals surface area contributed by atoms with Crippen LogP contribution < -0.4 is 9.47 Å². The van der Waals surface area contributed by atoms with Crippen molar-refractivity contribution in [3.8, 4) is 17.6 Å². The van der Waals surface area contributed by atoms with Gasteiger partial charge in [0.15, 0.2) is 0 Å². The van der Waals surface area contributed by atoms with Crippen LogP contribution in [0.3, 0.4) is 0 Å². The molecule has 2 rings (SSSR count). The maximum absolute atomic E-state index is 12.2. The normalized spacial score (nSPS) is 10.1. The summed E-state index contributed by atoms with van der Waals surface area (Å²) in [5.41, 5.74) is 0.833. The summed E-state index contributed by atoms with van der Waals surface area (Å²) in [5.74, 6) is -0.0326. The van der Waals surface area contributed by atoms with Crippen LogP contribution in [-0.4, -0.2) is 11.9 Å². The molecule has 0 spiro atoms. The third kappa shape index (κ3) is 8.32. The van der Waals surface area contributed by atoms with E-state index in [9.17, 15) is 9.59 Å². The molecule has 0 unspecified atom stereocenters. The number of esters is 2. The second kappa shape index (κ2) is 12.9. The van der Waals surface area contributed by atoms with E-state index in [4.69, 9.17) is 14.7 Å². The van der Waals surface area contributed by atoms with Crippen LogP contribution in [-0.2, 0) is 4.79 Å². The Morgan fingerprint density at radius 2 is 1.40 bits per heavy atom. The number of nitriles is 1. The van der Waals surface area contributed by atoms with Crippen LogP contribution >= 0.6 is 0 Å². The zero-order valence-corrected chi connectivity index (χ0v) is 17.1. The largest absolute Gasteiger partial charge is 0.427 e. The summed E-state index contributed by atoms with van der Waals surface area (Å²) >= 11 is 0. The Kier molecular flexibility index (Phi) is 9.88. The molecule has 0 aromatic heterocycles. The molecule has 0 saturated heterocycles. The van der Waals surface area contributed by atoms with Crippen molar-refractivity contribution in [1.82, 2.24) is 0 Å². The molecule has 0 aliphatic rings. The maximum atomic E-state index is 12.2. The van der Waals surface area contributed by atoms with Gasteiger partial charge in [-0.3, -0.25) is 4.79 Å². The molecule has 0 aliphatic heterocycles. The van der Waals surface area contributed by atoms with Gasteiger partial charge in [0, 0.05) is 6.42 Å². The molecule has 0 bridgehead atoms. The maximum Gasteiger partial charge on any atom is 0.343 e. The Bertz CT molecular complexity index is 864. The van der Waals surface area contributed by atoms with Crippen LogP contribution in [0.2, 0.25) is 0 Å². The topological polar surface area (TPSA) is 76.4 Å². The predicted octanol–water partition coefficient (Wildman–Crippen LogP) is 5.99. The molecular weight excluding hydrogens is 378 g/mol. The van der Waals surface area contributed by atoms with E-state index in [-0.39, 0.29) is 5.97 Å². The van der Waals surface area contributed by atoms with Crippen LogP contribution in [0.5, 0.6) is 11.5 Å². The third-order valence-corrected chi connectivity index (χ3v) is 4.55. The molecule has 0 amide bonds. The Morgan fingerprint density at radius 3 is 2.03 bits per heavy atom. The fraction of sp³-hybridized carbons (Fsp3) is 0.320. The van der Waals surface area contributed by atoms with E-state index in [1.807, 2.05) is 12.1 Å². The number of allylic oxidation sites excluding steroid dienone is 1. The van der Waals surface area contributed by atoms with Crippen molar-refractivity contribution in [3.63, 3.8) is 0 Å². The SMILES string of the molecule is C=CCCCCCCCCC(=O)Oc1ccc(C(=O)Oc2ccc(C#N)cc2)cc1. The number of benzene rings is 2. The van der Waals surface area contributed by atoms with Crippen LogP contribution in [0.25, 0.3) is 0 Å². The van der Waals surface area contributed by atoms with Crippen molar-refractivity contribution in [2.45, 2.75) is 51.4 Å². The van der Waals surface area contributed by atoms with Crippen LogP contribution in [0.1, 0.15) is 67.3 Å². The predicted molar refractivity (Wildman–Crippen MR) is 115 cm³/mol. The first-order valence-corrected chi connectivity index (χ1v) is 10.3. The van der Waals surface area contributed by atoms with Crippen LogP contribution in [0, 0.1) is 11.3 Å². The summed E-state index contributed by atoms with van der Waals surface area (Å²) in [6.45, 7) is 3.71. The van der Waals surface area contributed by atoms with E-state index in [1.54, 1.807) is 48.5 Å². The molecule has 2 aromatic rings. The summed E-state index contributed by atoms with van der Waals surface area (Å²) in [5, 5.41) is 8.79. The van der Waals surface area contributed by atoms with E-state index >= 15 is 0 Å². The highest BCUT2D eigenvalue weighted by Crippen LogP contribution is 2.17. The molecule has 30 heavy (non-hydrogen) atoms. The van der Waals surface area contributed by atoms with E-state index in [0.717, 1.165) is 25.7 Å². The highest BCUT2D eigenvalue weighted by Gasteiger charge is 2.10. The molecule has 0 radical (unpaired) electrons. The average Bonchev–Trinajstić information content (AvgIpc) is 2.76. The molecule has 156 valence electrons. The standard InChI is InChI=1S/C25H27NO4/c1-2-3-4-5-6-7-8-9-10-24(27)29-22-17-13-21(14-18-22)25(28)30-23-15-11-20(19-26)12-16-23/h2,11-18H,1,3-10H2. The molecule has 5 heteroatoms. The van der Waals surface area contributed by atoms with Crippen molar-refractivity contribution in [3.05, 3.63) is 72.3 Å². The fourth-order valence-electron chi connectivity index (χ4n) is 2.87. The number of hydrogen-bond acceptors (Lipinski definition) is 5. The summed E-state index contributed by atoms with van der Waals surface area (Å²) in [7, 11) is 0. The van der Waals surface area contributed by atoms with Gasteiger partial charge in [-0.05, 0) is 67.8 Å². The van der Waals surface area contributed by atoms with Crippen molar-refractivity contribution < 1.29 is 19.1 Å². The van der Waals surface area contributed by atoms with Gasteiger partial charge in [-0.15, -0.1) is 6.58 Å². The quantitative estimate of drug-likeness (QED) is 0.188. The molecule has 0 fully saturated rings. The molecule has 0 saturated carbocycles. The first-order chi connectivity index (χ1) is 14.6. The van der Waals surface area contributed by atoms with Gasteiger partial charge in [-0.25, -0.2) is 4.79 Å². The smallest absolute Gasteiger partial charge is 0.343 e. The monoisotopic (exact) mass is 405 g/mol. The number of nitrogens with zero attached hydrogens (tertiary/aromatic N) is 1. The van der Waals surface area contributed by atoms with E-state index < -0.39 is 5.97 Å². The van der Waals surface area contributed by atoms with Crippen molar-refractivity contribution >= 4 is 11.9 Å². The van der Waals surface area contributed by atoms with E-state index in [2.05, 4.69) is 6.58 Å². The van der Waals surface area contributed by atoms with E-state index in [0.29, 0.717) is 29.0 Å². The number of carbonyl (C=O) groups excluding carboxylic acids is 2. The second-order valence-electron chi connectivity index (χ2n) is 6.97. The number of hydrogen-bond donors (Lipinski definition) is 0. The molecule has 0 atom stereocenters. The van der Waals surface area contributed by atoms with Crippen molar-refractivity contribution in [2.24, 2.45) is 0 Å². The summed E-state index contributed by atoms with van der Waals surface area (Å²) in [6, 6.07) is 14.5. The molecule has 5 nitrogen and oxygen atoms in total. The minimum absolute atomic E-state index is 0.269. The van der Waals surface area contributed by atoms with Gasteiger partial charge in [-0.1, -0.05) is 31.8 Å². The fourth-order valence-corrected chi connectivity index (χ4v) is 2.87. The van der Waals surface area contributed by atoms with Gasteiger partial charge in [0.25, 0.3) is 0 Å². The lowest BCUT2D eigenvalue weighted by Crippen LogP contribution is -2.10. The Labute approximate surface area is 177 Å². The van der Waals surface area contributed by atoms with Gasteiger partial charge in [-0.2, -0.15) is 5.26 Å². The Morgan fingerprint density at radius 1 is 0.833 bits per heavy atom. The zero-order chi connectivity index (χ0) is 21.6. The number of rotatable bonds is 12. The number of unbranched alkanes of at least 4 members (excludes halogenated alkanes) is 6. The lowest BCUT2D eigenvalue weighted by molar-refractivity contribution is -0.134. The summed E-state index contributed by atoms with van der Waals surface area (Å²) in [6.07, 6.45) is 9.93. The van der Waals surface area contributed by atoms with Gasteiger partial charge < -0.3 is 9.47 Å². The van der Waals surface area contributed by atoms with Crippen molar-refractivity contribution in [1.29, 1.82) is 5.26 Å². The van der Waals surface area contributed by atoms with Gasteiger partial charge in [0.1, 0.15) is 11.5 Å². The van der Waals surface area contributed by atoms with Crippen LogP contribution in [0.15, 0.2) is 61.2 Å². The first kappa shape index (κ1) is 22.9. The highest BCUT2D eigenvalue weighted by atomic mass is 16.5. The van der Waals surface area contributed by atoms with Gasteiger partial charge in [0.05, 0.1) is 17.2 Å². The Balaban J connectivity index is 1.70. The molecule has 0 aliphatic carbocycles. The Hall–Kier alpha value is -3.39. The van der Waals surface area contributed by atoms with Crippen molar-refractivity contribution in [2.75, 3.05) is 0 Å². The number of ether oxygens (including phenoxy) is 2. The average molecular weight is 405 g/mol. The summed E-state index contributed by atoms with van der Waals surface area (Å²) in [4.78, 5) is 24.1. The third-order valence-electron chi connectivity index (χ3n) is 4.55. The minimum atomic E-state index is -0.523. The van der Waals surface area contributed by atoms with Crippen LogP contribution in [0.4, 0.5) is 0 Å². The molecule has 0 heterocycles. The lowest BCUT2D eigenvalue weighted by Gasteiger charge is -2.07. The first-order valence-electron chi connectivity index (χ1n) is 10.3. The zero-order valence-electron chi connectivity index (χ0n) is 17.1.